The fourth-order valence-corrected chi connectivity index (χ4v) is 3.27. The molecule has 8 nitrogen and oxygen atoms in total. The molecule has 0 saturated carbocycles. The van der Waals surface area contributed by atoms with Crippen LogP contribution in [0.25, 0.3) is 0 Å². The molecule has 1 amide bonds. The lowest BCUT2D eigenvalue weighted by Crippen LogP contribution is -2.29. The van der Waals surface area contributed by atoms with Crippen LogP contribution < -0.4 is 10.6 Å². The van der Waals surface area contributed by atoms with Crippen molar-refractivity contribution in [3.05, 3.63) is 86.2 Å². The van der Waals surface area contributed by atoms with Crippen molar-refractivity contribution in [2.24, 2.45) is 0 Å². The maximum Gasteiger partial charge on any atom is 0.269 e. The second kappa shape index (κ2) is 9.41. The number of nitrogens with one attached hydrogen (secondary N) is 2. The third kappa shape index (κ3) is 5.15. The summed E-state index contributed by atoms with van der Waals surface area (Å²) < 4.78 is 1.62. The van der Waals surface area contributed by atoms with Gasteiger partial charge in [-0.15, -0.1) is 0 Å². The molecule has 0 aliphatic carbocycles. The summed E-state index contributed by atoms with van der Waals surface area (Å²) in [4.78, 5) is 22.8. The van der Waals surface area contributed by atoms with Crippen molar-refractivity contribution in [3.63, 3.8) is 0 Å². The molecule has 0 fully saturated rings. The molecule has 0 bridgehead atoms. The Hall–Kier alpha value is -3.39. The number of nitro groups is 1. The highest BCUT2D eigenvalue weighted by Gasteiger charge is 2.20. The predicted octanol–water partition coefficient (Wildman–Crippen LogP) is 3.95. The zero-order valence-electron chi connectivity index (χ0n) is 16.7. The molecule has 0 spiro atoms. The van der Waals surface area contributed by atoms with Gasteiger partial charge in [-0.2, -0.15) is 5.10 Å². The van der Waals surface area contributed by atoms with E-state index in [1.54, 1.807) is 23.7 Å². The van der Waals surface area contributed by atoms with Crippen molar-refractivity contribution in [3.8, 4) is 0 Å². The van der Waals surface area contributed by atoms with Crippen LogP contribution in [0.3, 0.4) is 0 Å². The molecule has 0 atom stereocenters. The third-order valence-electron chi connectivity index (χ3n) is 4.56. The first kappa shape index (κ1) is 21.3. The number of hydrogen-bond donors (Lipinski definition) is 2. The molecule has 3 aromatic rings. The predicted molar refractivity (Wildman–Crippen MR) is 116 cm³/mol. The molecule has 30 heavy (non-hydrogen) atoms. The second-order valence-corrected chi connectivity index (χ2v) is 7.24. The van der Waals surface area contributed by atoms with Crippen LogP contribution in [0.1, 0.15) is 27.2 Å². The summed E-state index contributed by atoms with van der Waals surface area (Å²) in [6.07, 6.45) is 0. The van der Waals surface area contributed by atoms with Crippen molar-refractivity contribution in [1.29, 1.82) is 0 Å². The van der Waals surface area contributed by atoms with E-state index >= 15 is 0 Å². The molecule has 3 rings (SSSR count). The van der Waals surface area contributed by atoms with Crippen LogP contribution in [-0.2, 0) is 6.54 Å². The standard InChI is InChI=1S/C21H22ClN5O3/c1-14-3-5-16(6-4-14)13-26-20(22)19(15(2)25-26)21(28)24-12-11-23-17-7-9-18(10-8-17)27(29)30/h3-10,23H,11-13H2,1-2H3,(H,24,28). The number of aryl methyl sites for hydroxylation is 2. The van der Waals surface area contributed by atoms with Gasteiger partial charge in [0.2, 0.25) is 0 Å². The molecule has 0 aliphatic heterocycles. The lowest BCUT2D eigenvalue weighted by molar-refractivity contribution is -0.384. The number of nitro benzene ring substituents is 1. The van der Waals surface area contributed by atoms with Gasteiger partial charge in [0.05, 0.1) is 22.7 Å². The van der Waals surface area contributed by atoms with Gasteiger partial charge in [0.15, 0.2) is 0 Å². The minimum atomic E-state index is -0.449. The van der Waals surface area contributed by atoms with E-state index in [2.05, 4.69) is 15.7 Å². The van der Waals surface area contributed by atoms with Crippen LogP contribution in [0, 0.1) is 24.0 Å². The van der Waals surface area contributed by atoms with E-state index in [-0.39, 0.29) is 11.6 Å². The molecule has 156 valence electrons. The second-order valence-electron chi connectivity index (χ2n) is 6.88. The summed E-state index contributed by atoms with van der Waals surface area (Å²) in [5, 5.41) is 21.3. The summed E-state index contributed by atoms with van der Waals surface area (Å²) in [7, 11) is 0. The van der Waals surface area contributed by atoms with Gasteiger partial charge in [-0.25, -0.2) is 4.68 Å². The van der Waals surface area contributed by atoms with Gasteiger partial charge >= 0.3 is 0 Å². The number of rotatable bonds is 8. The van der Waals surface area contributed by atoms with Crippen molar-refractivity contribution in [2.75, 3.05) is 18.4 Å². The van der Waals surface area contributed by atoms with Crippen molar-refractivity contribution in [1.82, 2.24) is 15.1 Å². The van der Waals surface area contributed by atoms with Gasteiger partial charge in [-0.3, -0.25) is 14.9 Å². The first-order chi connectivity index (χ1) is 14.3. The number of anilines is 1. The number of hydrogen-bond acceptors (Lipinski definition) is 5. The number of benzene rings is 2. The van der Waals surface area contributed by atoms with Crippen LogP contribution in [-0.4, -0.2) is 33.7 Å². The number of carbonyl (C=O) groups is 1. The van der Waals surface area contributed by atoms with Gasteiger partial charge in [-0.05, 0) is 31.5 Å². The topological polar surface area (TPSA) is 102 Å². The Balaban J connectivity index is 1.55. The Bertz CT molecular complexity index is 1050. The van der Waals surface area contributed by atoms with Crippen LogP contribution in [0.2, 0.25) is 5.15 Å². The number of aromatic nitrogens is 2. The average molecular weight is 428 g/mol. The zero-order valence-corrected chi connectivity index (χ0v) is 17.4. The SMILES string of the molecule is Cc1ccc(Cn2nc(C)c(C(=O)NCCNc3ccc([N+](=O)[O-])cc3)c2Cl)cc1. The lowest BCUT2D eigenvalue weighted by atomic mass is 10.1. The van der Waals surface area contributed by atoms with E-state index in [0.29, 0.717) is 36.0 Å². The first-order valence-electron chi connectivity index (χ1n) is 9.40. The number of nitrogens with zero attached hydrogens (tertiary/aromatic N) is 3. The maximum absolute atomic E-state index is 12.6. The Kier molecular flexibility index (Phi) is 6.68. The summed E-state index contributed by atoms with van der Waals surface area (Å²) in [6, 6.07) is 14.1. The Labute approximate surface area is 179 Å². The normalized spacial score (nSPS) is 10.6. The summed E-state index contributed by atoms with van der Waals surface area (Å²) in [5.74, 6) is -0.293. The molecule has 1 aromatic heterocycles. The number of carbonyl (C=O) groups excluding carboxylic acids is 1. The minimum Gasteiger partial charge on any atom is -0.383 e. The highest BCUT2D eigenvalue weighted by molar-refractivity contribution is 6.33. The quantitative estimate of drug-likeness (QED) is 0.322. The highest BCUT2D eigenvalue weighted by Crippen LogP contribution is 2.21. The van der Waals surface area contributed by atoms with Crippen LogP contribution in [0.4, 0.5) is 11.4 Å². The minimum absolute atomic E-state index is 0.0293. The first-order valence-corrected chi connectivity index (χ1v) is 9.78. The molecule has 2 N–H and O–H groups in total. The Morgan fingerprint density at radius 1 is 1.10 bits per heavy atom. The van der Waals surface area contributed by atoms with Crippen LogP contribution >= 0.6 is 11.6 Å². The van der Waals surface area contributed by atoms with Crippen LogP contribution in [0.15, 0.2) is 48.5 Å². The van der Waals surface area contributed by atoms with Gasteiger partial charge in [0, 0.05) is 30.9 Å². The fourth-order valence-electron chi connectivity index (χ4n) is 2.95. The number of non-ortho nitro benzene ring substituents is 1. The van der Waals surface area contributed by atoms with Gasteiger partial charge < -0.3 is 10.6 Å². The summed E-state index contributed by atoms with van der Waals surface area (Å²) >= 11 is 6.42. The molecule has 0 radical (unpaired) electrons. The summed E-state index contributed by atoms with van der Waals surface area (Å²) in [5.41, 5.74) is 3.90. The summed E-state index contributed by atoms with van der Waals surface area (Å²) in [6.45, 7) is 5.07. The van der Waals surface area contributed by atoms with E-state index < -0.39 is 4.92 Å². The lowest BCUT2D eigenvalue weighted by Gasteiger charge is -2.08. The molecule has 1 heterocycles. The van der Waals surface area contributed by atoms with E-state index in [9.17, 15) is 14.9 Å². The number of halogens is 1. The molecule has 0 saturated heterocycles. The van der Waals surface area contributed by atoms with E-state index in [1.165, 1.54) is 17.7 Å². The van der Waals surface area contributed by atoms with Crippen molar-refractivity contribution < 1.29 is 9.72 Å². The highest BCUT2D eigenvalue weighted by atomic mass is 35.5. The monoisotopic (exact) mass is 427 g/mol. The van der Waals surface area contributed by atoms with Gasteiger partial charge in [-0.1, -0.05) is 41.4 Å². The van der Waals surface area contributed by atoms with E-state index in [4.69, 9.17) is 11.6 Å². The zero-order chi connectivity index (χ0) is 21.7. The number of amides is 1. The molecule has 9 heteroatoms. The van der Waals surface area contributed by atoms with E-state index in [0.717, 1.165) is 11.3 Å². The third-order valence-corrected chi connectivity index (χ3v) is 4.95. The Morgan fingerprint density at radius 2 is 1.77 bits per heavy atom. The fraction of sp³-hybridized carbons (Fsp3) is 0.238. The molecule has 0 aliphatic rings. The molecule has 0 unspecified atom stereocenters. The van der Waals surface area contributed by atoms with E-state index in [1.807, 2.05) is 31.2 Å². The van der Waals surface area contributed by atoms with Gasteiger partial charge in [0.1, 0.15) is 5.15 Å². The largest absolute Gasteiger partial charge is 0.383 e. The maximum atomic E-state index is 12.6. The molecular formula is C21H22ClN5O3. The molecule has 2 aromatic carbocycles. The van der Waals surface area contributed by atoms with Gasteiger partial charge in [0.25, 0.3) is 11.6 Å². The molecular weight excluding hydrogens is 406 g/mol. The van der Waals surface area contributed by atoms with Crippen molar-refractivity contribution >= 4 is 28.9 Å². The Morgan fingerprint density at radius 3 is 2.40 bits per heavy atom. The smallest absolute Gasteiger partial charge is 0.269 e. The van der Waals surface area contributed by atoms with Crippen LogP contribution in [0.5, 0.6) is 0 Å². The average Bonchev–Trinajstić information content (AvgIpc) is 3.00. The van der Waals surface area contributed by atoms with Crippen molar-refractivity contribution in [2.45, 2.75) is 20.4 Å².